The largest absolute Gasteiger partial charge is 0.485 e. The van der Waals surface area contributed by atoms with Crippen molar-refractivity contribution >= 4 is 50.3 Å². The lowest BCUT2D eigenvalue weighted by atomic mass is 10.1. The topological polar surface area (TPSA) is 160 Å². The molecule has 0 saturated carbocycles. The summed E-state index contributed by atoms with van der Waals surface area (Å²) in [6.45, 7) is 6.72. The van der Waals surface area contributed by atoms with Crippen molar-refractivity contribution in [1.29, 1.82) is 0 Å². The lowest BCUT2D eigenvalue weighted by Gasteiger charge is -2.31. The third-order valence-electron chi connectivity index (χ3n) is 7.07. The Morgan fingerprint density at radius 2 is 1.87 bits per heavy atom. The molecule has 0 aliphatic rings. The van der Waals surface area contributed by atoms with Gasteiger partial charge in [-0.15, -0.1) is 11.3 Å². The van der Waals surface area contributed by atoms with Crippen molar-refractivity contribution < 1.29 is 33.7 Å². The molecule has 5 rings (SSSR count). The van der Waals surface area contributed by atoms with Crippen LogP contribution < -0.4 is 19.7 Å². The van der Waals surface area contributed by atoms with Gasteiger partial charge < -0.3 is 25.0 Å². The zero-order valence-corrected chi connectivity index (χ0v) is 25.9. The van der Waals surface area contributed by atoms with Crippen molar-refractivity contribution in [3.8, 4) is 22.2 Å². The van der Waals surface area contributed by atoms with E-state index in [0.29, 0.717) is 32.1 Å². The number of carbonyl (C=O) groups is 2. The number of anilines is 1. The van der Waals surface area contributed by atoms with Crippen LogP contribution in [0.1, 0.15) is 36.8 Å². The molecule has 0 fully saturated rings. The predicted octanol–water partition coefficient (Wildman–Crippen LogP) is 5.21. The lowest BCUT2D eigenvalue weighted by molar-refractivity contribution is 0.0919. The van der Waals surface area contributed by atoms with Crippen LogP contribution in [0.3, 0.4) is 0 Å². The Balaban J connectivity index is 1.41. The van der Waals surface area contributed by atoms with E-state index >= 15 is 4.39 Å². The Labute approximate surface area is 261 Å². The molecule has 3 aromatic heterocycles. The van der Waals surface area contributed by atoms with Crippen molar-refractivity contribution in [3.05, 3.63) is 65.9 Å². The van der Waals surface area contributed by atoms with Gasteiger partial charge in [0.1, 0.15) is 16.8 Å². The number of amides is 2. The van der Waals surface area contributed by atoms with Gasteiger partial charge >= 0.3 is 6.09 Å². The van der Waals surface area contributed by atoms with Crippen molar-refractivity contribution in [1.82, 2.24) is 25.3 Å². The molecular weight excluding hydrogens is 603 g/mol. The summed E-state index contributed by atoms with van der Waals surface area (Å²) in [4.78, 5) is 43.5. The molecule has 0 spiro atoms. The number of ether oxygens (including phenoxy) is 2. The smallest absolute Gasteiger partial charge is 0.412 e. The molecule has 3 atom stereocenters. The summed E-state index contributed by atoms with van der Waals surface area (Å²) in [5.41, 5.74) is 3.56. The summed E-state index contributed by atoms with van der Waals surface area (Å²) in [5.74, 6) is -0.891. The minimum atomic E-state index is -1.30. The van der Waals surface area contributed by atoms with Gasteiger partial charge in [-0.2, -0.15) is 0 Å². The Kier molecular flexibility index (Phi) is 9.06. The molecule has 1 unspecified atom stereocenters. The number of fused-ring (bicyclic) bond motifs is 2. The average molecular weight is 635 g/mol. The number of benzene rings is 2. The quantitative estimate of drug-likeness (QED) is 0.186. The van der Waals surface area contributed by atoms with E-state index in [1.165, 1.54) is 56.0 Å². The predicted molar refractivity (Wildman–Crippen MR) is 168 cm³/mol. The van der Waals surface area contributed by atoms with Crippen molar-refractivity contribution in [2.75, 3.05) is 18.6 Å². The normalized spacial score (nSPS) is 13.3. The first-order chi connectivity index (χ1) is 21.4. The third-order valence-corrected chi connectivity index (χ3v) is 8.12. The zero-order valence-electron chi connectivity index (χ0n) is 25.1. The van der Waals surface area contributed by atoms with Gasteiger partial charge in [-0.05, 0) is 57.5 Å². The molecular formula is C31H31FN6O6S. The molecule has 0 radical (unpaired) electrons. The van der Waals surface area contributed by atoms with E-state index < -0.39 is 36.1 Å². The number of methoxy groups -OCH3 is 1. The van der Waals surface area contributed by atoms with Crippen LogP contribution in [0, 0.1) is 12.7 Å². The van der Waals surface area contributed by atoms with Crippen LogP contribution in [0.15, 0.2) is 48.8 Å². The number of carbonyl (C=O) groups excluding carboxylic acids is 1. The van der Waals surface area contributed by atoms with Crippen LogP contribution in [0.2, 0.25) is 0 Å². The van der Waals surface area contributed by atoms with Crippen LogP contribution in [0.5, 0.6) is 11.6 Å². The summed E-state index contributed by atoms with van der Waals surface area (Å²) >= 11 is 1.34. The number of hydrogen-bond donors (Lipinski definition) is 3. The Morgan fingerprint density at radius 1 is 1.09 bits per heavy atom. The fourth-order valence-electron chi connectivity index (χ4n) is 4.70. The maximum absolute atomic E-state index is 15.3. The molecule has 45 heavy (non-hydrogen) atoms. The van der Waals surface area contributed by atoms with Gasteiger partial charge in [0.25, 0.3) is 5.91 Å². The maximum atomic E-state index is 15.3. The Hall–Kier alpha value is -4.95. The molecule has 0 bridgehead atoms. The van der Waals surface area contributed by atoms with E-state index in [2.05, 4.69) is 25.3 Å². The number of carboxylic acid groups (broad SMARTS) is 1. The zero-order chi connectivity index (χ0) is 32.4. The molecule has 2 amide bonds. The van der Waals surface area contributed by atoms with E-state index in [1.807, 2.05) is 19.1 Å². The van der Waals surface area contributed by atoms with Crippen molar-refractivity contribution in [2.45, 2.75) is 45.9 Å². The second-order valence-corrected chi connectivity index (χ2v) is 11.6. The standard InChI is InChI=1S/C31H31FN6O6S/c1-15-8-20(28-23(9-15)36-27(43-5)14-34-28)30-37-22-11-21(32)25(12-26(22)45-30)44-18(4)17(3)38(31(41)42)19-6-7-33-24(10-19)29(40)35-13-16(2)39/h6-12,14,16-18,39H,13H2,1-5H3,(H,35,40)(H,41,42)/t16-,17?,18+/m1/s1. The highest BCUT2D eigenvalue weighted by Gasteiger charge is 2.29. The highest BCUT2D eigenvalue weighted by Crippen LogP contribution is 2.37. The number of rotatable bonds is 10. The van der Waals surface area contributed by atoms with E-state index in [9.17, 15) is 19.8 Å². The highest BCUT2D eigenvalue weighted by molar-refractivity contribution is 7.21. The third kappa shape index (κ3) is 6.76. The molecule has 0 saturated heterocycles. The molecule has 12 nitrogen and oxygen atoms in total. The second-order valence-electron chi connectivity index (χ2n) is 10.5. The van der Waals surface area contributed by atoms with Crippen LogP contribution in [-0.2, 0) is 0 Å². The lowest BCUT2D eigenvalue weighted by Crippen LogP contribution is -2.46. The monoisotopic (exact) mass is 634 g/mol. The fourth-order valence-corrected chi connectivity index (χ4v) is 5.69. The number of nitrogens with one attached hydrogen (secondary N) is 1. The number of thiazole rings is 1. The number of nitrogens with zero attached hydrogens (tertiary/aromatic N) is 5. The number of halogens is 1. The van der Waals surface area contributed by atoms with Gasteiger partial charge in [0, 0.05) is 30.4 Å². The van der Waals surface area contributed by atoms with E-state index in [4.69, 9.17) is 9.47 Å². The van der Waals surface area contributed by atoms with Gasteiger partial charge in [0.15, 0.2) is 11.6 Å². The summed E-state index contributed by atoms with van der Waals surface area (Å²) < 4.78 is 27.2. The number of aromatic nitrogens is 4. The molecule has 2 aromatic carbocycles. The number of pyridine rings is 1. The Bertz CT molecular complexity index is 1900. The van der Waals surface area contributed by atoms with Gasteiger partial charge in [0.05, 0.1) is 52.4 Å². The maximum Gasteiger partial charge on any atom is 0.412 e. The summed E-state index contributed by atoms with van der Waals surface area (Å²) in [6.07, 6.45) is -0.0265. The van der Waals surface area contributed by atoms with Crippen LogP contribution in [0.4, 0.5) is 14.9 Å². The molecule has 234 valence electrons. The first-order valence-electron chi connectivity index (χ1n) is 14.0. The van der Waals surface area contributed by atoms with Crippen LogP contribution >= 0.6 is 11.3 Å². The summed E-state index contributed by atoms with van der Waals surface area (Å²) in [6, 6.07) is 8.64. The van der Waals surface area contributed by atoms with E-state index in [1.54, 1.807) is 19.9 Å². The fraction of sp³-hybridized carbons (Fsp3) is 0.290. The first kappa shape index (κ1) is 31.5. The van der Waals surface area contributed by atoms with Crippen LogP contribution in [0.25, 0.3) is 31.8 Å². The van der Waals surface area contributed by atoms with Gasteiger partial charge in [-0.1, -0.05) is 0 Å². The minimum Gasteiger partial charge on any atom is -0.485 e. The average Bonchev–Trinajstić information content (AvgIpc) is 3.41. The highest BCUT2D eigenvalue weighted by atomic mass is 32.1. The first-order valence-corrected chi connectivity index (χ1v) is 14.8. The Morgan fingerprint density at radius 3 is 2.58 bits per heavy atom. The molecule has 3 heterocycles. The molecule has 3 N–H and O–H groups in total. The summed E-state index contributed by atoms with van der Waals surface area (Å²) in [5, 5.41) is 22.7. The number of aryl methyl sites for hydroxylation is 1. The SMILES string of the molecule is COc1cnc2c(-c3nc4cc(F)c(O[C@@H](C)C(C)N(C(=O)O)c5ccnc(C(=O)NC[C@@H](C)O)c5)cc4s3)cc(C)cc2n1. The van der Waals surface area contributed by atoms with E-state index in [-0.39, 0.29) is 23.7 Å². The molecule has 5 aromatic rings. The molecule has 0 aliphatic heterocycles. The van der Waals surface area contributed by atoms with Crippen LogP contribution in [-0.4, -0.2) is 74.1 Å². The van der Waals surface area contributed by atoms with Crippen molar-refractivity contribution in [3.63, 3.8) is 0 Å². The van der Waals surface area contributed by atoms with E-state index in [0.717, 1.165) is 16.0 Å². The number of hydrogen-bond acceptors (Lipinski definition) is 10. The summed E-state index contributed by atoms with van der Waals surface area (Å²) in [7, 11) is 1.52. The number of aliphatic hydroxyl groups is 1. The minimum absolute atomic E-state index is 0.0106. The second kappa shape index (κ2) is 13.0. The number of aliphatic hydroxyl groups excluding tert-OH is 1. The van der Waals surface area contributed by atoms with Gasteiger partial charge in [-0.25, -0.2) is 24.1 Å². The van der Waals surface area contributed by atoms with Gasteiger partial charge in [0.2, 0.25) is 5.88 Å². The van der Waals surface area contributed by atoms with Gasteiger partial charge in [-0.3, -0.25) is 14.7 Å². The van der Waals surface area contributed by atoms with Crippen molar-refractivity contribution in [2.24, 2.45) is 0 Å². The molecule has 0 aliphatic carbocycles. The molecule has 14 heteroatoms.